The fourth-order valence-electron chi connectivity index (χ4n) is 2.62. The fourth-order valence-corrected chi connectivity index (χ4v) is 2.62. The zero-order valence-corrected chi connectivity index (χ0v) is 14.7. The van der Waals surface area contributed by atoms with Crippen molar-refractivity contribution in [3.63, 3.8) is 0 Å². The van der Waals surface area contributed by atoms with Gasteiger partial charge in [-0.25, -0.2) is 4.79 Å². The number of hydrogen-bond donors (Lipinski definition) is 2. The van der Waals surface area contributed by atoms with E-state index in [1.165, 1.54) is 7.11 Å². The van der Waals surface area contributed by atoms with Gasteiger partial charge in [0.1, 0.15) is 5.69 Å². The van der Waals surface area contributed by atoms with Gasteiger partial charge in [0.2, 0.25) is 0 Å². The van der Waals surface area contributed by atoms with Crippen molar-refractivity contribution in [1.82, 2.24) is 4.98 Å². The Balaban J connectivity index is 2.06. The van der Waals surface area contributed by atoms with Crippen molar-refractivity contribution in [3.05, 3.63) is 53.7 Å². The molecule has 0 fully saturated rings. The van der Waals surface area contributed by atoms with E-state index in [-0.39, 0.29) is 0 Å². The molecule has 0 atom stereocenters. The summed E-state index contributed by atoms with van der Waals surface area (Å²) < 4.78 is 15.5. The highest BCUT2D eigenvalue weighted by molar-refractivity contribution is 6.10. The van der Waals surface area contributed by atoms with Gasteiger partial charge in [-0.15, -0.1) is 0 Å². The standard InChI is InChI=1S/C19H19N3O4/c1-24-16-9-13-14(11-20-22-12-7-5-4-6-8-12)18(19(23)26-3)21-15(13)10-17(16)25-2/h4-11,21-22H,1-3H3/b20-11+. The maximum atomic E-state index is 12.1. The van der Waals surface area contributed by atoms with Gasteiger partial charge in [-0.1, -0.05) is 18.2 Å². The lowest BCUT2D eigenvalue weighted by Crippen LogP contribution is -2.05. The van der Waals surface area contributed by atoms with Crippen molar-refractivity contribution in [1.29, 1.82) is 0 Å². The van der Waals surface area contributed by atoms with E-state index in [1.807, 2.05) is 30.3 Å². The van der Waals surface area contributed by atoms with E-state index < -0.39 is 5.97 Å². The van der Waals surface area contributed by atoms with Crippen LogP contribution < -0.4 is 14.9 Å². The van der Waals surface area contributed by atoms with E-state index in [0.29, 0.717) is 28.3 Å². The normalized spacial score (nSPS) is 10.9. The van der Waals surface area contributed by atoms with Crippen LogP contribution in [0.4, 0.5) is 5.69 Å². The number of aromatic nitrogens is 1. The Kier molecular flexibility index (Phi) is 5.07. The van der Waals surface area contributed by atoms with Gasteiger partial charge in [-0.3, -0.25) is 5.43 Å². The number of carbonyl (C=O) groups is 1. The minimum Gasteiger partial charge on any atom is -0.493 e. The molecule has 0 unspecified atom stereocenters. The molecule has 1 aromatic heterocycles. The Bertz CT molecular complexity index is 948. The number of methoxy groups -OCH3 is 3. The summed E-state index contributed by atoms with van der Waals surface area (Å²) in [5.41, 5.74) is 5.37. The van der Waals surface area contributed by atoms with Crippen LogP contribution in [0, 0.1) is 0 Å². The number of para-hydroxylation sites is 1. The summed E-state index contributed by atoms with van der Waals surface area (Å²) in [5.74, 6) is 0.630. The molecule has 0 aliphatic heterocycles. The average Bonchev–Trinajstić information content (AvgIpc) is 3.04. The zero-order chi connectivity index (χ0) is 18.5. The molecule has 3 aromatic rings. The Morgan fingerprint density at radius 2 is 1.77 bits per heavy atom. The molecule has 1 heterocycles. The predicted octanol–water partition coefficient (Wildman–Crippen LogP) is 3.42. The summed E-state index contributed by atoms with van der Waals surface area (Å²) in [4.78, 5) is 15.2. The number of carbonyl (C=O) groups excluding carboxylic acids is 1. The number of nitrogens with zero attached hydrogens (tertiary/aromatic N) is 1. The average molecular weight is 353 g/mol. The van der Waals surface area contributed by atoms with Crippen molar-refractivity contribution >= 4 is 28.8 Å². The molecule has 0 amide bonds. The maximum absolute atomic E-state index is 12.1. The second kappa shape index (κ2) is 7.60. The molecule has 0 spiro atoms. The van der Waals surface area contributed by atoms with E-state index in [2.05, 4.69) is 15.5 Å². The van der Waals surface area contributed by atoms with Crippen LogP contribution in [0.2, 0.25) is 0 Å². The minimum atomic E-state index is -0.486. The van der Waals surface area contributed by atoms with Gasteiger partial charge < -0.3 is 19.2 Å². The highest BCUT2D eigenvalue weighted by Gasteiger charge is 2.19. The lowest BCUT2D eigenvalue weighted by Gasteiger charge is -2.07. The molecule has 134 valence electrons. The van der Waals surface area contributed by atoms with Crippen molar-refractivity contribution < 1.29 is 19.0 Å². The monoisotopic (exact) mass is 353 g/mol. The van der Waals surface area contributed by atoms with Gasteiger partial charge >= 0.3 is 5.97 Å². The molecule has 2 aromatic carbocycles. The lowest BCUT2D eigenvalue weighted by molar-refractivity contribution is 0.0595. The van der Waals surface area contributed by atoms with Crippen LogP contribution in [0.3, 0.4) is 0 Å². The molecule has 0 radical (unpaired) electrons. The molecule has 0 aliphatic rings. The van der Waals surface area contributed by atoms with E-state index >= 15 is 0 Å². The molecule has 2 N–H and O–H groups in total. The van der Waals surface area contributed by atoms with E-state index in [1.54, 1.807) is 32.6 Å². The van der Waals surface area contributed by atoms with Crippen LogP contribution in [0.25, 0.3) is 10.9 Å². The first-order chi connectivity index (χ1) is 12.7. The molecule has 3 rings (SSSR count). The van der Waals surface area contributed by atoms with Crippen molar-refractivity contribution in [2.24, 2.45) is 5.10 Å². The molecular weight excluding hydrogens is 334 g/mol. The Hall–Kier alpha value is -3.48. The van der Waals surface area contributed by atoms with E-state index in [0.717, 1.165) is 11.1 Å². The lowest BCUT2D eigenvalue weighted by atomic mass is 10.1. The Labute approximate surface area is 150 Å². The second-order valence-corrected chi connectivity index (χ2v) is 5.39. The third kappa shape index (κ3) is 3.32. The highest BCUT2D eigenvalue weighted by Crippen LogP contribution is 2.34. The molecule has 7 heteroatoms. The van der Waals surface area contributed by atoms with Crippen LogP contribution in [-0.2, 0) is 4.74 Å². The largest absolute Gasteiger partial charge is 0.493 e. The first-order valence-corrected chi connectivity index (χ1v) is 7.88. The number of fused-ring (bicyclic) bond motifs is 1. The van der Waals surface area contributed by atoms with Gasteiger partial charge in [-0.2, -0.15) is 5.10 Å². The van der Waals surface area contributed by atoms with Crippen LogP contribution in [0.5, 0.6) is 11.5 Å². The number of anilines is 1. The summed E-state index contributed by atoms with van der Waals surface area (Å²) in [6.45, 7) is 0. The number of nitrogens with one attached hydrogen (secondary N) is 2. The molecular formula is C19H19N3O4. The quantitative estimate of drug-likeness (QED) is 0.403. The Morgan fingerprint density at radius 1 is 1.08 bits per heavy atom. The highest BCUT2D eigenvalue weighted by atomic mass is 16.5. The Morgan fingerprint density at radius 3 is 2.42 bits per heavy atom. The predicted molar refractivity (Wildman–Crippen MR) is 100 cm³/mol. The van der Waals surface area contributed by atoms with Crippen molar-refractivity contribution in [2.75, 3.05) is 26.8 Å². The summed E-state index contributed by atoms with van der Waals surface area (Å²) in [5, 5.41) is 5.00. The molecule has 7 nitrogen and oxygen atoms in total. The topological polar surface area (TPSA) is 84.9 Å². The number of ether oxygens (including phenoxy) is 3. The number of aromatic amines is 1. The van der Waals surface area contributed by atoms with E-state index in [9.17, 15) is 4.79 Å². The number of esters is 1. The maximum Gasteiger partial charge on any atom is 0.355 e. The SMILES string of the molecule is COC(=O)c1[nH]c2cc(OC)c(OC)cc2c1/C=N/Nc1ccccc1. The molecule has 0 saturated carbocycles. The minimum absolute atomic E-state index is 0.302. The third-order valence-electron chi connectivity index (χ3n) is 3.89. The molecule has 0 bridgehead atoms. The first kappa shape index (κ1) is 17.3. The van der Waals surface area contributed by atoms with Crippen molar-refractivity contribution in [3.8, 4) is 11.5 Å². The number of rotatable bonds is 6. The van der Waals surface area contributed by atoms with Gasteiger partial charge in [0.25, 0.3) is 0 Å². The van der Waals surface area contributed by atoms with Gasteiger partial charge in [-0.05, 0) is 18.2 Å². The fraction of sp³-hybridized carbons (Fsp3) is 0.158. The zero-order valence-electron chi connectivity index (χ0n) is 14.7. The summed E-state index contributed by atoms with van der Waals surface area (Å²) in [6.07, 6.45) is 1.57. The first-order valence-electron chi connectivity index (χ1n) is 7.88. The van der Waals surface area contributed by atoms with Crippen LogP contribution in [-0.4, -0.2) is 38.5 Å². The molecule has 0 aliphatic carbocycles. The van der Waals surface area contributed by atoms with E-state index in [4.69, 9.17) is 14.2 Å². The summed E-state index contributed by atoms with van der Waals surface area (Å²) in [6, 6.07) is 13.1. The van der Waals surface area contributed by atoms with Gasteiger partial charge in [0, 0.05) is 17.0 Å². The van der Waals surface area contributed by atoms with Gasteiger partial charge in [0.15, 0.2) is 11.5 Å². The van der Waals surface area contributed by atoms with Crippen LogP contribution in [0.1, 0.15) is 16.1 Å². The number of hydrazone groups is 1. The number of hydrogen-bond acceptors (Lipinski definition) is 6. The second-order valence-electron chi connectivity index (χ2n) is 5.39. The smallest absolute Gasteiger partial charge is 0.355 e. The van der Waals surface area contributed by atoms with Crippen molar-refractivity contribution in [2.45, 2.75) is 0 Å². The summed E-state index contributed by atoms with van der Waals surface area (Å²) >= 11 is 0. The molecule has 0 saturated heterocycles. The summed E-state index contributed by atoms with van der Waals surface area (Å²) in [7, 11) is 4.44. The van der Waals surface area contributed by atoms with Crippen LogP contribution >= 0.6 is 0 Å². The number of H-pyrrole nitrogens is 1. The van der Waals surface area contributed by atoms with Crippen LogP contribution in [0.15, 0.2) is 47.6 Å². The molecule has 26 heavy (non-hydrogen) atoms. The van der Waals surface area contributed by atoms with Gasteiger partial charge in [0.05, 0.1) is 38.7 Å². The third-order valence-corrected chi connectivity index (χ3v) is 3.89. The number of benzene rings is 2.